The van der Waals surface area contributed by atoms with E-state index < -0.39 is 0 Å². The van der Waals surface area contributed by atoms with E-state index >= 15 is 0 Å². The number of anilines is 1. The van der Waals surface area contributed by atoms with Gasteiger partial charge in [0.15, 0.2) is 0 Å². The molecule has 2 amide bonds. The highest BCUT2D eigenvalue weighted by Gasteiger charge is 2.36. The zero-order chi connectivity index (χ0) is 19.0. The molecule has 5 nitrogen and oxygen atoms in total. The van der Waals surface area contributed by atoms with E-state index in [4.69, 9.17) is 4.74 Å². The summed E-state index contributed by atoms with van der Waals surface area (Å²) in [5.41, 5.74) is 4.35. The molecule has 0 spiro atoms. The molecule has 0 N–H and O–H groups in total. The fourth-order valence-electron chi connectivity index (χ4n) is 3.55. The molecule has 0 unspecified atom stereocenters. The summed E-state index contributed by atoms with van der Waals surface area (Å²) in [7, 11) is 0. The number of nitrogens with zero attached hydrogens (tertiary/aromatic N) is 2. The van der Waals surface area contributed by atoms with Gasteiger partial charge in [-0.2, -0.15) is 0 Å². The third-order valence-corrected chi connectivity index (χ3v) is 5.05. The summed E-state index contributed by atoms with van der Waals surface area (Å²) in [6, 6.07) is 13.1. The molecular weight excluding hydrogens is 340 g/mol. The number of fused-ring (bicyclic) bond motifs is 1. The molecule has 138 valence electrons. The Kier molecular flexibility index (Phi) is 4.54. The van der Waals surface area contributed by atoms with E-state index in [-0.39, 0.29) is 11.8 Å². The quantitative estimate of drug-likeness (QED) is 0.608. The zero-order valence-corrected chi connectivity index (χ0v) is 15.6. The Labute approximate surface area is 158 Å². The Balaban J connectivity index is 1.85. The van der Waals surface area contributed by atoms with Crippen LogP contribution in [0.3, 0.4) is 0 Å². The largest absolute Gasteiger partial charge is 0.378 e. The van der Waals surface area contributed by atoms with Crippen LogP contribution in [0.2, 0.25) is 0 Å². The third-order valence-electron chi connectivity index (χ3n) is 5.05. The second kappa shape index (κ2) is 7.00. The third kappa shape index (κ3) is 3.15. The van der Waals surface area contributed by atoms with Crippen molar-refractivity contribution in [1.29, 1.82) is 0 Å². The maximum absolute atomic E-state index is 13.4. The number of carbonyl (C=O) groups excluding carboxylic acids is 2. The zero-order valence-electron chi connectivity index (χ0n) is 15.6. The Morgan fingerprint density at radius 2 is 1.63 bits per heavy atom. The van der Waals surface area contributed by atoms with Gasteiger partial charge in [0.2, 0.25) is 0 Å². The lowest BCUT2D eigenvalue weighted by Gasteiger charge is -2.32. The number of carbonyl (C=O) groups is 2. The first-order chi connectivity index (χ1) is 13.1. The van der Waals surface area contributed by atoms with E-state index in [2.05, 4.69) is 4.90 Å². The summed E-state index contributed by atoms with van der Waals surface area (Å²) in [4.78, 5) is 30.0. The minimum Gasteiger partial charge on any atom is -0.378 e. The van der Waals surface area contributed by atoms with E-state index in [0.29, 0.717) is 35.6 Å². The number of benzene rings is 2. The van der Waals surface area contributed by atoms with Gasteiger partial charge in [-0.05, 0) is 37.1 Å². The van der Waals surface area contributed by atoms with Crippen LogP contribution in [0.25, 0.3) is 5.57 Å². The summed E-state index contributed by atoms with van der Waals surface area (Å²) < 4.78 is 5.40. The van der Waals surface area contributed by atoms with Crippen LogP contribution in [0.15, 0.2) is 48.7 Å². The number of morpholine rings is 1. The fourth-order valence-corrected chi connectivity index (χ4v) is 3.55. The summed E-state index contributed by atoms with van der Waals surface area (Å²) in [5, 5.41) is 0. The number of hydrogen-bond acceptors (Lipinski definition) is 4. The van der Waals surface area contributed by atoms with Gasteiger partial charge >= 0.3 is 0 Å². The Morgan fingerprint density at radius 1 is 0.926 bits per heavy atom. The van der Waals surface area contributed by atoms with Gasteiger partial charge in [0, 0.05) is 30.4 Å². The average molecular weight is 362 g/mol. The van der Waals surface area contributed by atoms with E-state index in [0.717, 1.165) is 24.2 Å². The van der Waals surface area contributed by atoms with E-state index in [1.54, 1.807) is 6.07 Å². The van der Waals surface area contributed by atoms with Crippen molar-refractivity contribution in [3.05, 3.63) is 70.9 Å². The Morgan fingerprint density at radius 3 is 2.37 bits per heavy atom. The van der Waals surface area contributed by atoms with Gasteiger partial charge in [-0.3, -0.25) is 9.59 Å². The van der Waals surface area contributed by atoms with E-state index in [1.165, 1.54) is 4.90 Å². The van der Waals surface area contributed by atoms with Gasteiger partial charge in [-0.1, -0.05) is 30.3 Å². The van der Waals surface area contributed by atoms with Gasteiger partial charge in [-0.25, -0.2) is 4.90 Å². The molecular formula is C22H22N2O3. The maximum Gasteiger partial charge on any atom is 0.267 e. The fraction of sp³-hybridized carbons (Fsp3) is 0.273. The standard InChI is InChI=1S/C22H22N2O3/c1-15-7-8-16(2)20(13-15)24-21(25)18-6-4-3-5-17(18)19(22(24)26)14-23-9-11-27-12-10-23/h3-8,13-14H,9-12H2,1-2H3. The Bertz CT molecular complexity index is 942. The first kappa shape index (κ1) is 17.5. The first-order valence-electron chi connectivity index (χ1n) is 9.15. The van der Waals surface area contributed by atoms with Crippen LogP contribution in [0.4, 0.5) is 5.69 Å². The van der Waals surface area contributed by atoms with Crippen molar-refractivity contribution in [3.8, 4) is 0 Å². The molecule has 2 heterocycles. The van der Waals surface area contributed by atoms with E-state index in [9.17, 15) is 9.59 Å². The number of rotatable bonds is 2. The predicted molar refractivity (Wildman–Crippen MR) is 105 cm³/mol. The van der Waals surface area contributed by atoms with Crippen molar-refractivity contribution in [3.63, 3.8) is 0 Å². The minimum absolute atomic E-state index is 0.275. The van der Waals surface area contributed by atoms with Crippen molar-refractivity contribution < 1.29 is 14.3 Å². The molecule has 27 heavy (non-hydrogen) atoms. The van der Waals surface area contributed by atoms with Gasteiger partial charge < -0.3 is 9.64 Å². The lowest BCUT2D eigenvalue weighted by atomic mass is 9.93. The van der Waals surface area contributed by atoms with Gasteiger partial charge in [0.1, 0.15) is 0 Å². The topological polar surface area (TPSA) is 49.9 Å². The maximum atomic E-state index is 13.4. The normalized spacial score (nSPS) is 18.8. The molecule has 1 saturated heterocycles. The van der Waals surface area contributed by atoms with E-state index in [1.807, 2.05) is 56.4 Å². The van der Waals surface area contributed by atoms with Crippen molar-refractivity contribution in [2.24, 2.45) is 0 Å². The molecule has 0 aromatic heterocycles. The smallest absolute Gasteiger partial charge is 0.267 e. The van der Waals surface area contributed by atoms with Crippen molar-refractivity contribution in [2.75, 3.05) is 31.2 Å². The van der Waals surface area contributed by atoms with Crippen LogP contribution in [-0.4, -0.2) is 43.0 Å². The Hall–Kier alpha value is -2.92. The summed E-state index contributed by atoms with van der Waals surface area (Å²) in [6.45, 7) is 6.62. The van der Waals surface area contributed by atoms with Crippen LogP contribution in [0.1, 0.15) is 27.0 Å². The molecule has 0 saturated carbocycles. The molecule has 1 fully saturated rings. The molecule has 2 aromatic rings. The second-order valence-electron chi connectivity index (χ2n) is 6.97. The summed E-state index contributed by atoms with van der Waals surface area (Å²) in [6.07, 6.45) is 1.88. The van der Waals surface area contributed by atoms with Crippen LogP contribution in [0, 0.1) is 13.8 Å². The number of hydrogen-bond donors (Lipinski definition) is 0. The molecule has 4 rings (SSSR count). The van der Waals surface area contributed by atoms with Crippen molar-refractivity contribution in [2.45, 2.75) is 13.8 Å². The van der Waals surface area contributed by atoms with Gasteiger partial charge in [0.25, 0.3) is 11.8 Å². The molecule has 0 atom stereocenters. The van der Waals surface area contributed by atoms with Crippen LogP contribution >= 0.6 is 0 Å². The first-order valence-corrected chi connectivity index (χ1v) is 9.15. The number of amides is 2. The predicted octanol–water partition coefficient (Wildman–Crippen LogP) is 3.16. The van der Waals surface area contributed by atoms with Gasteiger partial charge in [0.05, 0.1) is 24.5 Å². The van der Waals surface area contributed by atoms with Crippen LogP contribution < -0.4 is 4.90 Å². The monoisotopic (exact) mass is 362 g/mol. The number of imide groups is 1. The van der Waals surface area contributed by atoms with Gasteiger partial charge in [-0.15, -0.1) is 0 Å². The number of aryl methyl sites for hydroxylation is 2. The molecule has 0 bridgehead atoms. The molecule has 2 aliphatic rings. The SMILES string of the molecule is Cc1ccc(C)c(N2C(=O)C(=CN3CCOCC3)c3ccccc3C2=O)c1. The number of ether oxygens (including phenoxy) is 1. The minimum atomic E-state index is -0.279. The van der Waals surface area contributed by atoms with Crippen LogP contribution in [-0.2, 0) is 9.53 Å². The second-order valence-corrected chi connectivity index (χ2v) is 6.97. The van der Waals surface area contributed by atoms with Crippen molar-refractivity contribution >= 4 is 23.1 Å². The van der Waals surface area contributed by atoms with Crippen LogP contribution in [0.5, 0.6) is 0 Å². The molecule has 2 aliphatic heterocycles. The molecule has 0 radical (unpaired) electrons. The summed E-state index contributed by atoms with van der Waals surface area (Å²) >= 11 is 0. The van der Waals surface area contributed by atoms with Crippen molar-refractivity contribution in [1.82, 2.24) is 4.90 Å². The lowest BCUT2D eigenvalue weighted by Crippen LogP contribution is -2.43. The molecule has 0 aliphatic carbocycles. The highest BCUT2D eigenvalue weighted by atomic mass is 16.5. The molecule has 2 aromatic carbocycles. The summed E-state index contributed by atoms with van der Waals surface area (Å²) in [5.74, 6) is -0.553. The average Bonchev–Trinajstić information content (AvgIpc) is 2.69. The highest BCUT2D eigenvalue weighted by Crippen LogP contribution is 2.34. The lowest BCUT2D eigenvalue weighted by molar-refractivity contribution is -0.112. The highest BCUT2D eigenvalue weighted by molar-refractivity contribution is 6.41. The molecule has 5 heteroatoms.